The van der Waals surface area contributed by atoms with E-state index in [2.05, 4.69) is 50.4 Å². The molecule has 1 saturated heterocycles. The van der Waals surface area contributed by atoms with E-state index in [-0.39, 0.29) is 13.0 Å². The van der Waals surface area contributed by atoms with Gasteiger partial charge in [-0.3, -0.25) is 9.59 Å². The minimum absolute atomic E-state index is 0.130. The van der Waals surface area contributed by atoms with Crippen LogP contribution >= 0.6 is 0 Å². The van der Waals surface area contributed by atoms with Gasteiger partial charge in [-0.1, -0.05) is 333 Å². The fraction of sp³-hybridized carbons (Fsp3) is 0.892. The molecule has 1 heterocycles. The van der Waals surface area contributed by atoms with E-state index in [1.807, 2.05) is 6.08 Å². The summed E-state index contributed by atoms with van der Waals surface area (Å²) in [4.78, 5) is 26.7. The van der Waals surface area contributed by atoms with Crippen molar-refractivity contribution in [2.75, 3.05) is 13.2 Å². The van der Waals surface area contributed by atoms with Gasteiger partial charge < -0.3 is 45.1 Å². The molecule has 1 aliphatic rings. The van der Waals surface area contributed by atoms with Crippen molar-refractivity contribution in [1.29, 1.82) is 0 Å². The number of aliphatic hydroxyl groups is 5. The van der Waals surface area contributed by atoms with Crippen LogP contribution in [0, 0.1) is 0 Å². The summed E-state index contributed by atoms with van der Waals surface area (Å²) < 4.78 is 17.7. The van der Waals surface area contributed by atoms with Gasteiger partial charge in [0, 0.05) is 6.42 Å². The number of rotatable bonds is 64. The Kier molecular flexibility index (Phi) is 59.1. The maximum Gasteiger partial charge on any atom is 0.306 e. The van der Waals surface area contributed by atoms with Gasteiger partial charge in [-0.2, -0.15) is 0 Å². The summed E-state index contributed by atoms with van der Waals surface area (Å²) in [7, 11) is 0. The predicted molar refractivity (Wildman–Crippen MR) is 357 cm³/mol. The van der Waals surface area contributed by atoms with Crippen LogP contribution in [-0.2, 0) is 23.8 Å². The third-order valence-electron chi connectivity index (χ3n) is 17.5. The molecule has 1 amide bonds. The molecule has 0 aromatic heterocycles. The van der Waals surface area contributed by atoms with E-state index in [0.717, 1.165) is 64.2 Å². The number of ether oxygens (including phenoxy) is 3. The Hall–Kier alpha value is -2.12. The molecule has 500 valence electrons. The molecule has 0 aliphatic carbocycles. The quantitative estimate of drug-likeness (QED) is 0.0195. The zero-order valence-electron chi connectivity index (χ0n) is 55.8. The van der Waals surface area contributed by atoms with E-state index in [1.54, 1.807) is 6.08 Å². The molecule has 85 heavy (non-hydrogen) atoms. The fourth-order valence-electron chi connectivity index (χ4n) is 11.7. The lowest BCUT2D eigenvalue weighted by atomic mass is 9.99. The van der Waals surface area contributed by atoms with Crippen LogP contribution in [0.4, 0.5) is 0 Å². The van der Waals surface area contributed by atoms with E-state index in [9.17, 15) is 35.1 Å². The summed E-state index contributed by atoms with van der Waals surface area (Å²) in [6, 6.07) is -1.02. The molecule has 11 heteroatoms. The Morgan fingerprint density at radius 3 is 1.22 bits per heavy atom. The van der Waals surface area contributed by atoms with Crippen molar-refractivity contribution < 1.29 is 49.3 Å². The lowest BCUT2D eigenvalue weighted by molar-refractivity contribution is -0.305. The molecule has 0 radical (unpaired) electrons. The number of amides is 1. The second-order valence-electron chi connectivity index (χ2n) is 25.7. The highest BCUT2D eigenvalue weighted by Gasteiger charge is 2.47. The highest BCUT2D eigenvalue weighted by molar-refractivity contribution is 5.80. The van der Waals surface area contributed by atoms with Crippen LogP contribution in [0.2, 0.25) is 0 Å². The highest BCUT2D eigenvalue weighted by atomic mass is 16.7. The molecule has 0 spiro atoms. The number of carbonyl (C=O) groups is 2. The third-order valence-corrected chi connectivity index (χ3v) is 17.5. The number of nitrogens with one attached hydrogen (secondary N) is 1. The van der Waals surface area contributed by atoms with E-state index in [0.29, 0.717) is 19.3 Å². The zero-order chi connectivity index (χ0) is 61.7. The van der Waals surface area contributed by atoms with Crippen LogP contribution in [0.15, 0.2) is 36.5 Å². The van der Waals surface area contributed by atoms with Gasteiger partial charge in [0.1, 0.15) is 24.4 Å². The SMILES string of the molecule is CCCCC/C=C\C/C=C\CCCCCCCCCCCCCCCCCCC(O)C(=O)NC(COC1OC(CO)C(O)C(O)C1OC(=O)CCCCCCCCCCCCCCCCCCCCC)C(O)/C=C/CCCCCCCCCCC. The molecule has 1 rings (SSSR count). The van der Waals surface area contributed by atoms with Crippen molar-refractivity contribution in [1.82, 2.24) is 5.32 Å². The van der Waals surface area contributed by atoms with Gasteiger partial charge in [0.15, 0.2) is 12.4 Å². The van der Waals surface area contributed by atoms with Crippen molar-refractivity contribution >= 4 is 11.9 Å². The van der Waals surface area contributed by atoms with Crippen LogP contribution in [-0.4, -0.2) is 99.6 Å². The van der Waals surface area contributed by atoms with E-state index in [4.69, 9.17) is 14.2 Å². The van der Waals surface area contributed by atoms with Gasteiger partial charge in [-0.05, 0) is 57.8 Å². The second-order valence-corrected chi connectivity index (χ2v) is 25.7. The first-order chi connectivity index (χ1) is 41.7. The molecule has 11 nitrogen and oxygen atoms in total. The molecule has 0 aromatic carbocycles. The zero-order valence-corrected chi connectivity index (χ0v) is 55.8. The summed E-state index contributed by atoms with van der Waals surface area (Å²) in [5.74, 6) is -1.18. The number of unbranched alkanes of at least 4 members (excludes halogenated alkanes) is 46. The lowest BCUT2D eigenvalue weighted by Crippen LogP contribution is -2.61. The first kappa shape index (κ1) is 80.9. The average Bonchev–Trinajstić information content (AvgIpc) is 3.59. The van der Waals surface area contributed by atoms with Gasteiger partial charge in [0.25, 0.3) is 0 Å². The van der Waals surface area contributed by atoms with Crippen molar-refractivity contribution in [3.8, 4) is 0 Å². The predicted octanol–water partition coefficient (Wildman–Crippen LogP) is 19.0. The molecule has 8 unspecified atom stereocenters. The Labute approximate surface area is 523 Å². The average molecular weight is 1200 g/mol. The number of hydrogen-bond donors (Lipinski definition) is 6. The minimum Gasteiger partial charge on any atom is -0.454 e. The molecule has 1 fully saturated rings. The van der Waals surface area contributed by atoms with Crippen molar-refractivity contribution in [2.24, 2.45) is 0 Å². The number of allylic oxidation sites excluding steroid dienone is 5. The monoisotopic (exact) mass is 1200 g/mol. The first-order valence-corrected chi connectivity index (χ1v) is 36.8. The maximum atomic E-state index is 13.5. The van der Waals surface area contributed by atoms with E-state index < -0.39 is 67.4 Å². The molecule has 0 aromatic rings. The van der Waals surface area contributed by atoms with Gasteiger partial charge in [0.05, 0.1) is 25.4 Å². The molecule has 6 N–H and O–H groups in total. The third kappa shape index (κ3) is 49.4. The van der Waals surface area contributed by atoms with Crippen LogP contribution in [0.25, 0.3) is 0 Å². The van der Waals surface area contributed by atoms with Gasteiger partial charge in [-0.15, -0.1) is 0 Å². The van der Waals surface area contributed by atoms with Crippen LogP contribution in [0.3, 0.4) is 0 Å². The topological polar surface area (TPSA) is 175 Å². The standard InChI is InChI=1S/C74H139NO10/c1-4-7-10-13-16-19-22-24-26-28-30-31-32-33-34-35-36-38-39-41-43-46-49-52-55-58-61-67(78)73(82)75-65(66(77)60-57-54-51-48-45-21-18-15-12-9-6-3)64-83-74-72(71(81)70(80)68(63-76)84-74)85-69(79)62-59-56-53-50-47-44-42-40-37-29-27-25-23-20-17-14-11-8-5-2/h16,19,24,26,57,60,65-68,70-72,74,76-78,80-81H,4-15,17-18,20-23,25,27-56,58-59,61-64H2,1-3H3,(H,75,82)/b19-16-,26-24-,60-57+. The second kappa shape index (κ2) is 62.1. The van der Waals surface area contributed by atoms with Crippen molar-refractivity contribution in [3.05, 3.63) is 36.5 Å². The Bertz CT molecular complexity index is 1520. The Balaban J connectivity index is 2.51. The Morgan fingerprint density at radius 1 is 0.459 bits per heavy atom. The van der Waals surface area contributed by atoms with Crippen molar-refractivity contribution in [2.45, 2.75) is 410 Å². The molecule has 1 aliphatic heterocycles. The summed E-state index contributed by atoms with van der Waals surface area (Å²) in [6.07, 6.45) is 66.3. The minimum atomic E-state index is -1.61. The van der Waals surface area contributed by atoms with Crippen LogP contribution in [0.5, 0.6) is 0 Å². The van der Waals surface area contributed by atoms with Gasteiger partial charge in [-0.25, -0.2) is 0 Å². The van der Waals surface area contributed by atoms with Crippen LogP contribution in [0.1, 0.15) is 361 Å². The maximum absolute atomic E-state index is 13.5. The highest BCUT2D eigenvalue weighted by Crippen LogP contribution is 2.27. The molecular weight excluding hydrogens is 1060 g/mol. The molecule has 0 saturated carbocycles. The summed E-state index contributed by atoms with van der Waals surface area (Å²) in [6.45, 7) is 5.82. The number of esters is 1. The normalized spacial score (nSPS) is 18.5. The number of hydrogen-bond acceptors (Lipinski definition) is 10. The first-order valence-electron chi connectivity index (χ1n) is 36.8. The Morgan fingerprint density at radius 2 is 0.812 bits per heavy atom. The molecule has 8 atom stereocenters. The van der Waals surface area contributed by atoms with Gasteiger partial charge in [0.2, 0.25) is 5.91 Å². The smallest absolute Gasteiger partial charge is 0.306 e. The van der Waals surface area contributed by atoms with Crippen LogP contribution < -0.4 is 5.32 Å². The number of aliphatic hydroxyl groups excluding tert-OH is 5. The van der Waals surface area contributed by atoms with Gasteiger partial charge >= 0.3 is 5.97 Å². The lowest BCUT2D eigenvalue weighted by Gasteiger charge is -2.41. The fourth-order valence-corrected chi connectivity index (χ4v) is 11.7. The summed E-state index contributed by atoms with van der Waals surface area (Å²) >= 11 is 0. The summed E-state index contributed by atoms with van der Waals surface area (Å²) in [5, 5.41) is 57.2. The number of carbonyl (C=O) groups excluding carboxylic acids is 2. The largest absolute Gasteiger partial charge is 0.454 e. The van der Waals surface area contributed by atoms with E-state index in [1.165, 1.54) is 250 Å². The molecular formula is C74H139NO10. The van der Waals surface area contributed by atoms with Crippen molar-refractivity contribution in [3.63, 3.8) is 0 Å². The van der Waals surface area contributed by atoms with E-state index >= 15 is 0 Å². The molecule has 0 bridgehead atoms. The summed E-state index contributed by atoms with van der Waals surface area (Å²) in [5.41, 5.74) is 0.